The average molecular weight is 626 g/mol. The van der Waals surface area contributed by atoms with Crippen molar-refractivity contribution in [2.45, 2.75) is 121 Å². The Balaban J connectivity index is 2.13. The van der Waals surface area contributed by atoms with Crippen LogP contribution < -0.4 is 0 Å². The number of carbonyl (C=O) groups excluding carboxylic acids is 1. The van der Waals surface area contributed by atoms with E-state index in [4.69, 9.17) is 23.1 Å². The van der Waals surface area contributed by atoms with Crippen molar-refractivity contribution in [2.75, 3.05) is 6.61 Å². The minimum atomic E-state index is -4.11. The summed E-state index contributed by atoms with van der Waals surface area (Å²) >= 11 is 0. The van der Waals surface area contributed by atoms with Gasteiger partial charge in [-0.05, 0) is 68.3 Å². The van der Waals surface area contributed by atoms with Crippen LogP contribution in [0, 0.1) is 6.92 Å². The topological polar surface area (TPSA) is 110 Å². The van der Waals surface area contributed by atoms with Crippen LogP contribution in [0.4, 0.5) is 0 Å². The van der Waals surface area contributed by atoms with E-state index in [9.17, 15) is 13.2 Å². The lowest BCUT2D eigenvalue weighted by molar-refractivity contribution is -0.141. The second-order valence-electron chi connectivity index (χ2n) is 13.8. The number of aryl methyl sites for hydroxylation is 1. The number of esters is 1. The Kier molecular flexibility index (Phi) is 9.47. The van der Waals surface area contributed by atoms with Crippen LogP contribution in [0.1, 0.15) is 54.0 Å². The number of hydrogen-bond acceptors (Lipinski definition) is 8. The molecule has 41 heavy (non-hydrogen) atoms. The fourth-order valence-electron chi connectivity index (χ4n) is 3.97. The normalized spacial score (nSPS) is 24.8. The van der Waals surface area contributed by atoms with Crippen molar-refractivity contribution in [3.05, 3.63) is 41.5 Å². The van der Waals surface area contributed by atoms with Crippen molar-refractivity contribution >= 4 is 38.7 Å². The lowest BCUT2D eigenvalue weighted by Crippen LogP contribution is -2.59. The Labute approximate surface area is 248 Å². The molecule has 4 atom stereocenters. The maximum absolute atomic E-state index is 13.3. The Morgan fingerprint density at radius 2 is 1.46 bits per heavy atom. The lowest BCUT2D eigenvalue weighted by Gasteiger charge is -2.47. The van der Waals surface area contributed by atoms with E-state index in [1.165, 1.54) is 12.1 Å². The van der Waals surface area contributed by atoms with Gasteiger partial charge in [-0.3, -0.25) is 0 Å². The third-order valence-corrected chi connectivity index (χ3v) is 18.7. The summed E-state index contributed by atoms with van der Waals surface area (Å²) in [5.41, 5.74) is 1.21. The summed E-state index contributed by atoms with van der Waals surface area (Å²) in [6, 6.07) is 6.37. The molecule has 1 aromatic rings. The fourth-order valence-corrected chi connectivity index (χ4v) is 7.38. The number of nitrogens with zero attached hydrogens (tertiary/aromatic N) is 1. The summed E-state index contributed by atoms with van der Waals surface area (Å²) in [6.45, 7) is 25.0. The van der Waals surface area contributed by atoms with Gasteiger partial charge in [-0.2, -0.15) is 8.42 Å². The zero-order valence-corrected chi connectivity index (χ0v) is 29.3. The number of benzene rings is 1. The van der Waals surface area contributed by atoms with Crippen molar-refractivity contribution in [2.24, 2.45) is 4.40 Å². The van der Waals surface area contributed by atoms with Crippen LogP contribution in [-0.4, -0.2) is 68.1 Å². The summed E-state index contributed by atoms with van der Waals surface area (Å²) in [5, 5.41) is -0.326. The molecule has 2 aliphatic rings. The molecule has 0 unspecified atom stereocenters. The molecular formula is C29H47NO8SSi2. The number of carbonyl (C=O) groups is 1. The van der Waals surface area contributed by atoms with Crippen molar-refractivity contribution in [3.8, 4) is 0 Å². The second-order valence-corrected chi connectivity index (χ2v) is 24.9. The predicted molar refractivity (Wildman–Crippen MR) is 164 cm³/mol. The Morgan fingerprint density at radius 1 is 0.927 bits per heavy atom. The molecule has 1 fully saturated rings. The van der Waals surface area contributed by atoms with Crippen molar-refractivity contribution in [1.29, 1.82) is 0 Å². The molecule has 1 heterocycles. The highest BCUT2D eigenvalue weighted by atomic mass is 32.2. The molecule has 1 aliphatic heterocycles. The Morgan fingerprint density at radius 3 is 1.98 bits per heavy atom. The third kappa shape index (κ3) is 7.33. The maximum atomic E-state index is 13.3. The maximum Gasteiger partial charge on any atom is 0.401 e. The van der Waals surface area contributed by atoms with Crippen molar-refractivity contribution in [3.63, 3.8) is 0 Å². The van der Waals surface area contributed by atoms with Gasteiger partial charge in [0.05, 0.1) is 17.1 Å². The molecule has 0 radical (unpaired) electrons. The van der Waals surface area contributed by atoms with Crippen LogP contribution in [0.2, 0.25) is 36.3 Å². The molecule has 0 spiro atoms. The van der Waals surface area contributed by atoms with Gasteiger partial charge in [-0.15, -0.1) is 0 Å². The van der Waals surface area contributed by atoms with Gasteiger partial charge in [0.15, 0.2) is 28.8 Å². The van der Waals surface area contributed by atoms with E-state index in [1.807, 2.05) is 6.92 Å². The summed E-state index contributed by atoms with van der Waals surface area (Å²) in [7, 11) is -9.02. The van der Waals surface area contributed by atoms with Gasteiger partial charge in [0.25, 0.3) is 10.0 Å². The average Bonchev–Trinajstić information content (AvgIpc) is 3.20. The summed E-state index contributed by atoms with van der Waals surface area (Å²) in [4.78, 5) is 13.4. The van der Waals surface area contributed by atoms with Crippen LogP contribution in [0.5, 0.6) is 0 Å². The van der Waals surface area contributed by atoms with Gasteiger partial charge in [-0.1, -0.05) is 63.6 Å². The largest absolute Gasteiger partial charge is 0.463 e. The van der Waals surface area contributed by atoms with E-state index < -0.39 is 63.1 Å². The van der Waals surface area contributed by atoms with E-state index in [-0.39, 0.29) is 27.2 Å². The lowest BCUT2D eigenvalue weighted by atomic mass is 9.89. The van der Waals surface area contributed by atoms with Gasteiger partial charge in [0.2, 0.25) is 0 Å². The van der Waals surface area contributed by atoms with E-state index >= 15 is 0 Å². The van der Waals surface area contributed by atoms with Crippen molar-refractivity contribution in [1.82, 2.24) is 0 Å². The van der Waals surface area contributed by atoms with Crippen LogP contribution in [0.25, 0.3) is 0 Å². The van der Waals surface area contributed by atoms with Gasteiger partial charge in [0, 0.05) is 0 Å². The van der Waals surface area contributed by atoms with E-state index in [0.717, 1.165) is 5.56 Å². The van der Waals surface area contributed by atoms with Crippen LogP contribution in [0.15, 0.2) is 45.2 Å². The van der Waals surface area contributed by atoms with Crippen LogP contribution in [0.3, 0.4) is 0 Å². The first-order chi connectivity index (χ1) is 18.6. The number of sulfonamides is 1. The van der Waals surface area contributed by atoms with E-state index in [0.29, 0.717) is 0 Å². The number of rotatable bonds is 8. The number of hydrogen-bond donors (Lipinski definition) is 0. The zero-order chi connectivity index (χ0) is 31.2. The smallest absolute Gasteiger partial charge is 0.401 e. The third-order valence-electron chi connectivity index (χ3n) is 8.56. The Hall–Kier alpha value is -2.00. The van der Waals surface area contributed by atoms with Crippen LogP contribution >= 0.6 is 0 Å². The predicted octanol–water partition coefficient (Wildman–Crippen LogP) is 6.11. The first kappa shape index (κ1) is 33.5. The number of ether oxygens (including phenoxy) is 3. The second kappa shape index (κ2) is 11.6. The van der Waals surface area contributed by atoms with Gasteiger partial charge in [0.1, 0.15) is 12.2 Å². The summed E-state index contributed by atoms with van der Waals surface area (Å²) in [6.07, 6.45) is -1.96. The standard InChI is InChI=1S/C29H47NO8SSi2/c1-13-34-26(31)21-18-22-24(36-27(35-22)30-39(32,33)20-16-14-19(2)15-17-20)25(38-41(11,12)29(6,7)8)23(21)37-40(9,10)28(3,4)5/h14-18,22-25H,13H2,1-12H3/b30-27-/t22-,23+,24-,25-/m0/s1. The van der Waals surface area contributed by atoms with Gasteiger partial charge >= 0.3 is 12.1 Å². The molecule has 1 aliphatic carbocycles. The first-order valence-corrected chi connectivity index (χ1v) is 21.3. The molecule has 0 aromatic heterocycles. The van der Waals surface area contributed by atoms with Crippen LogP contribution in [-0.2, 0) is 37.9 Å². The number of fused-ring (bicyclic) bond motifs is 1. The quantitative estimate of drug-likeness (QED) is 0.252. The summed E-state index contributed by atoms with van der Waals surface area (Å²) in [5.74, 6) is -0.528. The highest BCUT2D eigenvalue weighted by Crippen LogP contribution is 2.45. The molecule has 0 N–H and O–H groups in total. The monoisotopic (exact) mass is 625 g/mol. The molecule has 1 aromatic carbocycles. The molecular weight excluding hydrogens is 579 g/mol. The zero-order valence-electron chi connectivity index (χ0n) is 26.5. The molecule has 9 nitrogen and oxygen atoms in total. The minimum absolute atomic E-state index is 0.0219. The Bertz CT molecular complexity index is 1290. The first-order valence-electron chi connectivity index (χ1n) is 14.1. The molecule has 230 valence electrons. The van der Waals surface area contributed by atoms with Gasteiger partial charge < -0.3 is 23.1 Å². The molecule has 0 amide bonds. The molecule has 12 heteroatoms. The van der Waals surface area contributed by atoms with Gasteiger partial charge in [-0.25, -0.2) is 4.79 Å². The molecule has 0 bridgehead atoms. The highest BCUT2D eigenvalue weighted by molar-refractivity contribution is 7.90. The fraction of sp³-hybridized carbons (Fsp3) is 0.655. The highest BCUT2D eigenvalue weighted by Gasteiger charge is 2.56. The minimum Gasteiger partial charge on any atom is -0.463 e. The summed E-state index contributed by atoms with van der Waals surface area (Å²) < 4.78 is 61.4. The molecule has 3 rings (SSSR count). The molecule has 1 saturated heterocycles. The van der Waals surface area contributed by atoms with E-state index in [2.05, 4.69) is 72.1 Å². The van der Waals surface area contributed by atoms with E-state index in [1.54, 1.807) is 25.1 Å². The molecule has 0 saturated carbocycles. The van der Waals surface area contributed by atoms with Crippen molar-refractivity contribution < 1.29 is 36.3 Å². The SMILES string of the molecule is CCOC(=O)C1=C[C@@H]2O/C(=N/S(=O)(=O)c3ccc(C)cc3)O[C@@H]2[C@@H](O[Si](C)(C)C(C)(C)C)[C@@H]1O[Si](C)(C)C(C)(C)C.